The van der Waals surface area contributed by atoms with Crippen molar-refractivity contribution in [1.82, 2.24) is 4.90 Å². The fourth-order valence-corrected chi connectivity index (χ4v) is 2.93. The minimum Gasteiger partial charge on any atom is -0.477 e. The van der Waals surface area contributed by atoms with Gasteiger partial charge in [-0.3, -0.25) is 9.69 Å². The molecule has 0 aromatic heterocycles. The number of aliphatic hydroxyl groups is 1. The van der Waals surface area contributed by atoms with Crippen LogP contribution in [0.5, 0.6) is 0 Å². The summed E-state index contributed by atoms with van der Waals surface area (Å²) in [4.78, 5) is 23.9. The monoisotopic (exact) mass is 215 g/mol. The van der Waals surface area contributed by atoms with Crippen LogP contribution in [0, 0.1) is 0 Å². The molecule has 2 aliphatic rings. The summed E-state index contributed by atoms with van der Waals surface area (Å²) < 4.78 is 0. The highest BCUT2D eigenvalue weighted by molar-refractivity contribution is 8.04. The molecule has 2 aliphatic heterocycles. The average molecular weight is 215 g/mol. The van der Waals surface area contributed by atoms with Crippen LogP contribution in [0.4, 0.5) is 0 Å². The highest BCUT2D eigenvalue weighted by Gasteiger charge is 2.55. The minimum atomic E-state index is -1.10. The number of hydrogen-bond acceptors (Lipinski definition) is 4. The van der Waals surface area contributed by atoms with Crippen LogP contribution >= 0.6 is 11.8 Å². The summed E-state index contributed by atoms with van der Waals surface area (Å²) in [6.07, 6.45) is -0.474. The molecule has 0 aromatic carbocycles. The molecule has 0 radical (unpaired) electrons. The largest absolute Gasteiger partial charge is 0.477 e. The van der Waals surface area contributed by atoms with Gasteiger partial charge in [-0.05, 0) is 6.42 Å². The van der Waals surface area contributed by atoms with Crippen LogP contribution in [0.1, 0.15) is 13.3 Å². The number of amides is 1. The van der Waals surface area contributed by atoms with Crippen LogP contribution in [0.2, 0.25) is 0 Å². The lowest BCUT2D eigenvalue weighted by Gasteiger charge is -2.38. The van der Waals surface area contributed by atoms with E-state index in [-0.39, 0.29) is 5.70 Å². The van der Waals surface area contributed by atoms with Crippen molar-refractivity contribution in [2.45, 2.75) is 24.8 Å². The average Bonchev–Trinajstić information content (AvgIpc) is 2.52. The molecule has 5 nitrogen and oxygen atoms in total. The molecule has 2 N–H and O–H groups in total. The number of β-lactam (4-membered cyclic amide) rings is 1. The molecule has 2 heterocycles. The maximum absolute atomic E-state index is 11.2. The Morgan fingerprint density at radius 3 is 2.79 bits per heavy atom. The van der Waals surface area contributed by atoms with Gasteiger partial charge in [-0.15, -0.1) is 0 Å². The van der Waals surface area contributed by atoms with Gasteiger partial charge in [0, 0.05) is 4.91 Å². The molecular weight excluding hydrogens is 206 g/mol. The Labute approximate surface area is 84.4 Å². The number of carboxylic acids is 1. The van der Waals surface area contributed by atoms with Crippen LogP contribution in [0.25, 0.3) is 0 Å². The minimum absolute atomic E-state index is 0.0396. The fourth-order valence-electron chi connectivity index (χ4n) is 1.61. The number of carbonyl (C=O) groups is 2. The molecule has 1 amide bonds. The Balaban J connectivity index is 2.34. The van der Waals surface area contributed by atoms with E-state index in [9.17, 15) is 14.7 Å². The van der Waals surface area contributed by atoms with E-state index in [2.05, 4.69) is 0 Å². The van der Waals surface area contributed by atoms with Gasteiger partial charge >= 0.3 is 5.97 Å². The van der Waals surface area contributed by atoms with Crippen molar-refractivity contribution >= 4 is 23.6 Å². The van der Waals surface area contributed by atoms with Crippen molar-refractivity contribution in [3.63, 3.8) is 0 Å². The summed E-state index contributed by atoms with van der Waals surface area (Å²) in [6, 6.07) is 0. The Hall–Kier alpha value is -1.01. The fraction of sp³-hybridized carbons (Fsp3) is 0.500. The summed E-state index contributed by atoms with van der Waals surface area (Å²) in [6.45, 7) is 1.83. The molecule has 0 saturated carbocycles. The van der Waals surface area contributed by atoms with Crippen LogP contribution in [0.3, 0.4) is 0 Å². The maximum atomic E-state index is 11.2. The molecule has 0 spiro atoms. The van der Waals surface area contributed by atoms with Gasteiger partial charge in [0.05, 0.1) is 0 Å². The molecule has 0 aliphatic carbocycles. The van der Waals surface area contributed by atoms with Crippen LogP contribution in [-0.4, -0.2) is 38.5 Å². The molecule has 2 atom stereocenters. The van der Waals surface area contributed by atoms with Gasteiger partial charge in [0.2, 0.25) is 0 Å². The number of nitrogens with zero attached hydrogens (tertiary/aromatic N) is 1. The van der Waals surface area contributed by atoms with Crippen molar-refractivity contribution in [3.05, 3.63) is 10.6 Å². The summed E-state index contributed by atoms with van der Waals surface area (Å²) >= 11 is 1.26. The van der Waals surface area contributed by atoms with Crippen molar-refractivity contribution in [2.24, 2.45) is 0 Å². The molecule has 1 saturated heterocycles. The molecule has 0 aromatic rings. The number of fused-ring (bicyclic) bond motifs is 1. The first-order valence-electron chi connectivity index (χ1n) is 4.22. The molecule has 0 unspecified atom stereocenters. The molecule has 6 heteroatoms. The number of aliphatic carboxylic acids is 1. The zero-order chi connectivity index (χ0) is 10.5. The van der Waals surface area contributed by atoms with E-state index in [4.69, 9.17) is 5.11 Å². The summed E-state index contributed by atoms with van der Waals surface area (Å²) in [7, 11) is 0. The SMILES string of the molecule is CCC1=C(C(=O)O)N2C(=O)[C@@H](O)[C@@H]2S1. The predicted molar refractivity (Wildman–Crippen MR) is 49.2 cm³/mol. The first-order chi connectivity index (χ1) is 6.57. The highest BCUT2D eigenvalue weighted by Crippen LogP contribution is 2.47. The number of thioether (sulfide) groups is 1. The number of hydrogen-bond donors (Lipinski definition) is 2. The third-order valence-corrected chi connectivity index (χ3v) is 3.78. The van der Waals surface area contributed by atoms with E-state index >= 15 is 0 Å². The van der Waals surface area contributed by atoms with Gasteiger partial charge in [0.15, 0.2) is 6.10 Å². The second-order valence-corrected chi connectivity index (χ2v) is 4.30. The number of aliphatic hydroxyl groups excluding tert-OH is 1. The normalized spacial score (nSPS) is 30.4. The van der Waals surface area contributed by atoms with Crippen molar-refractivity contribution in [2.75, 3.05) is 0 Å². The second-order valence-electron chi connectivity index (χ2n) is 3.09. The summed E-state index contributed by atoms with van der Waals surface area (Å²) in [5, 5.41) is 17.7. The Morgan fingerprint density at radius 2 is 2.29 bits per heavy atom. The number of rotatable bonds is 2. The second kappa shape index (κ2) is 2.99. The zero-order valence-corrected chi connectivity index (χ0v) is 8.24. The van der Waals surface area contributed by atoms with E-state index in [1.165, 1.54) is 11.8 Å². The highest BCUT2D eigenvalue weighted by atomic mass is 32.2. The zero-order valence-electron chi connectivity index (χ0n) is 7.43. The van der Waals surface area contributed by atoms with Gasteiger partial charge in [-0.25, -0.2) is 4.79 Å². The smallest absolute Gasteiger partial charge is 0.353 e. The van der Waals surface area contributed by atoms with E-state index < -0.39 is 23.4 Å². The molecule has 1 fully saturated rings. The number of allylic oxidation sites excluding steroid dienone is 1. The molecule has 0 bridgehead atoms. The lowest BCUT2D eigenvalue weighted by atomic mass is 10.1. The number of carbonyl (C=O) groups excluding carboxylic acids is 1. The van der Waals surface area contributed by atoms with E-state index in [0.29, 0.717) is 11.3 Å². The van der Waals surface area contributed by atoms with Gasteiger partial charge in [-0.1, -0.05) is 18.7 Å². The summed E-state index contributed by atoms with van der Waals surface area (Å²) in [5.41, 5.74) is 0.0396. The summed E-state index contributed by atoms with van der Waals surface area (Å²) in [5.74, 6) is -1.61. The van der Waals surface area contributed by atoms with Crippen molar-refractivity contribution < 1.29 is 19.8 Å². The van der Waals surface area contributed by atoms with Gasteiger partial charge in [0.1, 0.15) is 11.1 Å². The maximum Gasteiger partial charge on any atom is 0.353 e. The Kier molecular flexibility index (Phi) is 2.04. The lowest BCUT2D eigenvalue weighted by molar-refractivity contribution is -0.158. The van der Waals surface area contributed by atoms with Crippen LogP contribution in [-0.2, 0) is 9.59 Å². The third kappa shape index (κ3) is 1.01. The third-order valence-electron chi connectivity index (χ3n) is 2.31. The Morgan fingerprint density at radius 1 is 1.64 bits per heavy atom. The van der Waals surface area contributed by atoms with Gasteiger partial charge in [0.25, 0.3) is 5.91 Å². The topological polar surface area (TPSA) is 77.8 Å². The van der Waals surface area contributed by atoms with Crippen LogP contribution in [0.15, 0.2) is 10.6 Å². The van der Waals surface area contributed by atoms with E-state index in [1.54, 1.807) is 0 Å². The first kappa shape index (κ1) is 9.54. The molecule has 76 valence electrons. The Bertz CT molecular complexity index is 351. The molecule has 2 rings (SSSR count). The van der Waals surface area contributed by atoms with Crippen LogP contribution < -0.4 is 0 Å². The first-order valence-corrected chi connectivity index (χ1v) is 5.10. The molecule has 14 heavy (non-hydrogen) atoms. The van der Waals surface area contributed by atoms with Crippen molar-refractivity contribution in [1.29, 1.82) is 0 Å². The van der Waals surface area contributed by atoms with Crippen molar-refractivity contribution in [3.8, 4) is 0 Å². The van der Waals surface area contributed by atoms with Gasteiger partial charge < -0.3 is 10.2 Å². The lowest BCUT2D eigenvalue weighted by Crippen LogP contribution is -2.61. The van der Waals surface area contributed by atoms with E-state index in [1.807, 2.05) is 6.92 Å². The number of carboxylic acid groups (broad SMARTS) is 1. The van der Waals surface area contributed by atoms with E-state index in [0.717, 1.165) is 4.90 Å². The standard InChI is InChI=1S/C8H9NO4S/c1-2-3-4(8(12)13)9-6(11)5(10)7(9)14-3/h5,7,10H,2H2,1H3,(H,12,13)/t5-,7+/m1/s1. The predicted octanol–water partition coefficient (Wildman–Crippen LogP) is -0.0314. The molecular formula is C8H9NO4S. The van der Waals surface area contributed by atoms with Gasteiger partial charge in [-0.2, -0.15) is 0 Å². The quantitative estimate of drug-likeness (QED) is 0.632.